The molecule has 0 aliphatic heterocycles. The lowest BCUT2D eigenvalue weighted by molar-refractivity contribution is -0.183. The Labute approximate surface area is 261 Å². The van der Waals surface area contributed by atoms with Crippen LogP contribution in [-0.2, 0) is 19.8 Å². The van der Waals surface area contributed by atoms with E-state index >= 15 is 0 Å². The molecule has 0 heterocycles. The molecule has 44 heavy (non-hydrogen) atoms. The number of benzene rings is 1. The highest BCUT2D eigenvalue weighted by Gasteiger charge is 2.74. The number of allylic oxidation sites excluding steroid dienone is 3. The van der Waals surface area contributed by atoms with E-state index in [-0.39, 0.29) is 36.2 Å². The van der Waals surface area contributed by atoms with Gasteiger partial charge in [0, 0.05) is 28.6 Å². The smallest absolute Gasteiger partial charge is 0.186 e. The number of fused-ring (bicyclic) bond motifs is 5. The van der Waals surface area contributed by atoms with Crippen molar-refractivity contribution in [1.82, 2.24) is 0 Å². The van der Waals surface area contributed by atoms with Gasteiger partial charge in [0.2, 0.25) is 0 Å². The molecule has 3 saturated carbocycles. The second-order valence-corrected chi connectivity index (χ2v) is 16.0. The Morgan fingerprint density at radius 3 is 2.36 bits per heavy atom. The molecule has 3 N–H and O–H groups in total. The third-order valence-corrected chi connectivity index (χ3v) is 12.9. The van der Waals surface area contributed by atoms with E-state index in [1.165, 1.54) is 13.0 Å². The summed E-state index contributed by atoms with van der Waals surface area (Å²) in [6.07, 6.45) is 4.14. The summed E-state index contributed by atoms with van der Waals surface area (Å²) in [5.74, 6) is -2.18. The minimum atomic E-state index is -1.95. The summed E-state index contributed by atoms with van der Waals surface area (Å²) in [5, 5.41) is 43.8. The van der Waals surface area contributed by atoms with Gasteiger partial charge in [-0.05, 0) is 86.5 Å². The quantitative estimate of drug-likeness (QED) is 0.319. The molecule has 0 aromatic heterocycles. The van der Waals surface area contributed by atoms with E-state index in [0.717, 1.165) is 11.1 Å². The number of rotatable bonds is 5. The van der Waals surface area contributed by atoms with E-state index in [0.29, 0.717) is 18.4 Å². The molecular formula is C37H47NO6. The predicted octanol–water partition coefficient (Wildman–Crippen LogP) is 5.01. The first-order valence-corrected chi connectivity index (χ1v) is 15.8. The van der Waals surface area contributed by atoms with Gasteiger partial charge in [-0.1, -0.05) is 64.5 Å². The first kappa shape index (κ1) is 32.5. The van der Waals surface area contributed by atoms with Gasteiger partial charge in [-0.3, -0.25) is 14.4 Å². The Balaban J connectivity index is 1.50. The number of aliphatic hydroxyl groups is 3. The summed E-state index contributed by atoms with van der Waals surface area (Å²) >= 11 is 0. The van der Waals surface area contributed by atoms with E-state index in [4.69, 9.17) is 0 Å². The van der Waals surface area contributed by atoms with Gasteiger partial charge in [0.1, 0.15) is 17.5 Å². The van der Waals surface area contributed by atoms with Crippen molar-refractivity contribution in [3.8, 4) is 6.07 Å². The van der Waals surface area contributed by atoms with Gasteiger partial charge in [0.25, 0.3) is 0 Å². The molecule has 0 saturated heterocycles. The zero-order valence-corrected chi connectivity index (χ0v) is 27.3. The van der Waals surface area contributed by atoms with Gasteiger partial charge in [-0.2, -0.15) is 5.26 Å². The van der Waals surface area contributed by atoms with Crippen LogP contribution in [0.5, 0.6) is 0 Å². The van der Waals surface area contributed by atoms with Crippen LogP contribution in [0.15, 0.2) is 48.1 Å². The van der Waals surface area contributed by atoms with Crippen LogP contribution < -0.4 is 0 Å². The molecule has 4 aliphatic carbocycles. The lowest BCUT2D eigenvalue weighted by Crippen LogP contribution is -2.65. The number of ketones is 3. The third-order valence-electron chi connectivity index (χ3n) is 12.9. The molecule has 0 amide bonds. The summed E-state index contributed by atoms with van der Waals surface area (Å²) in [7, 11) is 0. The van der Waals surface area contributed by atoms with E-state index < -0.39 is 56.6 Å². The minimum Gasteiger partial charge on any atom is -0.393 e. The van der Waals surface area contributed by atoms with Crippen LogP contribution in [0.2, 0.25) is 0 Å². The summed E-state index contributed by atoms with van der Waals surface area (Å²) < 4.78 is 0. The van der Waals surface area contributed by atoms with Crippen LogP contribution in [-0.4, -0.2) is 50.5 Å². The zero-order valence-electron chi connectivity index (χ0n) is 27.3. The highest BCUT2D eigenvalue weighted by atomic mass is 16.3. The highest BCUT2D eigenvalue weighted by molar-refractivity contribution is 5.98. The number of Topliss-reactive ketones (excluding diaryl/α,β-unsaturated/α-hetero) is 2. The van der Waals surface area contributed by atoms with Crippen molar-refractivity contribution in [3.63, 3.8) is 0 Å². The van der Waals surface area contributed by atoms with Gasteiger partial charge < -0.3 is 15.3 Å². The van der Waals surface area contributed by atoms with E-state index in [1.807, 2.05) is 47.6 Å². The molecule has 1 aromatic carbocycles. The number of nitrogens with zero attached hydrogens (tertiary/aromatic N) is 1. The Morgan fingerprint density at radius 1 is 1.07 bits per heavy atom. The molecule has 5 rings (SSSR count). The predicted molar refractivity (Wildman–Crippen MR) is 166 cm³/mol. The Hall–Kier alpha value is -2.92. The van der Waals surface area contributed by atoms with Crippen LogP contribution in [0.4, 0.5) is 0 Å². The standard InChI is InChI=1S/C37H47NO6/c1-32(2,22-11-9-10-21(16-22)20-38)15-14-28(41)37(8,44)30-26(40)18-34(5)27-13-12-23-24(17-25(39)31(43)33(23,3)4)36(27,7)29(42)19-35(30,34)6/h9-12,14-16,24-27,30,39-40,44H,13,17-19H2,1-8H3/b15-14+/t24-,25+,26-,27+,30+,34+,35-,36+,37+/m1/s1. The SMILES string of the molecule is CC1(C)C(=O)[C@@H](O)C[C@@H]2C1=CC[C@@H]1[C@@]2(C)C(=O)C[C@]2(C)[C@@H]([C@@](C)(O)C(=O)/C=C/C(C)(C)c3cccc(C#N)c3)[C@H](O)C[C@@]12C. The van der Waals surface area contributed by atoms with Crippen molar-refractivity contribution in [1.29, 1.82) is 5.26 Å². The average Bonchev–Trinajstić information content (AvgIpc) is 3.15. The van der Waals surface area contributed by atoms with Crippen molar-refractivity contribution < 1.29 is 29.7 Å². The monoisotopic (exact) mass is 601 g/mol. The Morgan fingerprint density at radius 2 is 1.73 bits per heavy atom. The maximum absolute atomic E-state index is 14.4. The molecule has 3 fully saturated rings. The number of carbonyl (C=O) groups excluding carboxylic acids is 3. The molecule has 4 aliphatic rings. The summed E-state index contributed by atoms with van der Waals surface area (Å²) in [6.45, 7) is 14.9. The molecule has 9 atom stereocenters. The molecular weight excluding hydrogens is 554 g/mol. The fourth-order valence-corrected chi connectivity index (χ4v) is 10.1. The normalized spacial score (nSPS) is 39.5. The van der Waals surface area contributed by atoms with Gasteiger partial charge in [-0.15, -0.1) is 0 Å². The first-order valence-electron chi connectivity index (χ1n) is 15.8. The molecule has 7 nitrogen and oxygen atoms in total. The zero-order chi connectivity index (χ0) is 32.8. The van der Waals surface area contributed by atoms with Crippen LogP contribution in [0.3, 0.4) is 0 Å². The van der Waals surface area contributed by atoms with Crippen molar-refractivity contribution in [2.45, 2.75) is 104 Å². The van der Waals surface area contributed by atoms with Crippen LogP contribution >= 0.6 is 0 Å². The number of aliphatic hydroxyl groups excluding tert-OH is 2. The van der Waals surface area contributed by atoms with Gasteiger partial charge >= 0.3 is 0 Å². The summed E-state index contributed by atoms with van der Waals surface area (Å²) in [4.78, 5) is 41.2. The van der Waals surface area contributed by atoms with E-state index in [1.54, 1.807) is 24.3 Å². The van der Waals surface area contributed by atoms with Crippen molar-refractivity contribution >= 4 is 17.3 Å². The molecule has 236 valence electrons. The second kappa shape index (κ2) is 10.0. The number of hydrogen-bond acceptors (Lipinski definition) is 7. The minimum absolute atomic E-state index is 0.00757. The second-order valence-electron chi connectivity index (χ2n) is 16.0. The van der Waals surface area contributed by atoms with Crippen LogP contribution in [0.25, 0.3) is 0 Å². The van der Waals surface area contributed by atoms with Gasteiger partial charge in [0.15, 0.2) is 11.6 Å². The fourth-order valence-electron chi connectivity index (χ4n) is 10.1. The number of nitriles is 1. The third kappa shape index (κ3) is 4.28. The lowest BCUT2D eigenvalue weighted by atomic mass is 9.38. The molecule has 1 aromatic rings. The van der Waals surface area contributed by atoms with Crippen LogP contribution in [0.1, 0.15) is 92.2 Å². The maximum Gasteiger partial charge on any atom is 0.186 e. The maximum atomic E-state index is 14.4. The topological polar surface area (TPSA) is 136 Å². The van der Waals surface area contributed by atoms with Crippen molar-refractivity contribution in [2.75, 3.05) is 0 Å². The molecule has 0 radical (unpaired) electrons. The largest absolute Gasteiger partial charge is 0.393 e. The first-order chi connectivity index (χ1) is 20.2. The molecule has 0 unspecified atom stereocenters. The van der Waals surface area contributed by atoms with Crippen molar-refractivity contribution in [2.24, 2.45) is 39.4 Å². The molecule has 0 spiro atoms. The number of hydrogen-bond donors (Lipinski definition) is 3. The molecule has 7 heteroatoms. The van der Waals surface area contributed by atoms with E-state index in [9.17, 15) is 35.0 Å². The highest BCUT2D eigenvalue weighted by Crippen LogP contribution is 2.74. The Bertz CT molecular complexity index is 1530. The van der Waals surface area contributed by atoms with Gasteiger partial charge in [-0.25, -0.2) is 0 Å². The van der Waals surface area contributed by atoms with Gasteiger partial charge in [0.05, 0.1) is 17.7 Å². The van der Waals surface area contributed by atoms with Crippen LogP contribution in [0, 0.1) is 50.7 Å². The average molecular weight is 602 g/mol. The summed E-state index contributed by atoms with van der Waals surface area (Å²) in [5.41, 5.74) is -3.51. The molecule has 0 bridgehead atoms. The Kier molecular flexibility index (Phi) is 7.41. The lowest BCUT2D eigenvalue weighted by Gasteiger charge is -2.64. The summed E-state index contributed by atoms with van der Waals surface area (Å²) in [6, 6.07) is 9.31. The van der Waals surface area contributed by atoms with Crippen molar-refractivity contribution in [3.05, 3.63) is 59.2 Å². The van der Waals surface area contributed by atoms with E-state index in [2.05, 4.69) is 19.1 Å². The number of carbonyl (C=O) groups is 3. The fraction of sp³-hybridized carbons (Fsp3) is 0.622.